The van der Waals surface area contributed by atoms with Crippen molar-refractivity contribution in [3.63, 3.8) is 0 Å². The fourth-order valence-electron chi connectivity index (χ4n) is 1.86. The molecule has 0 unspecified atom stereocenters. The van der Waals surface area contributed by atoms with E-state index >= 15 is 0 Å². The van der Waals surface area contributed by atoms with Crippen LogP contribution in [0.1, 0.15) is 28.7 Å². The predicted octanol–water partition coefficient (Wildman–Crippen LogP) is 2.52. The van der Waals surface area contributed by atoms with Gasteiger partial charge in [-0.2, -0.15) is 5.10 Å². The fourth-order valence-corrected chi connectivity index (χ4v) is 2.27. The molecule has 0 amide bonds. The van der Waals surface area contributed by atoms with E-state index in [1.54, 1.807) is 18.5 Å². The van der Waals surface area contributed by atoms with Gasteiger partial charge in [-0.3, -0.25) is 4.68 Å². The Bertz CT molecular complexity index is 586. The quantitative estimate of drug-likeness (QED) is 0.944. The maximum Gasteiger partial charge on any atom is 0.337 e. The Labute approximate surface area is 113 Å². The van der Waals surface area contributed by atoms with Gasteiger partial charge in [-0.1, -0.05) is 0 Å². The minimum atomic E-state index is -0.909. The van der Waals surface area contributed by atoms with Gasteiger partial charge in [0, 0.05) is 18.9 Å². The van der Waals surface area contributed by atoms with Gasteiger partial charge in [0.1, 0.15) is 0 Å². The van der Waals surface area contributed by atoms with Gasteiger partial charge in [0.05, 0.1) is 28.0 Å². The molecular formula is C12H14BrN3O2. The molecule has 2 aromatic rings. The zero-order valence-electron chi connectivity index (χ0n) is 10.2. The molecule has 0 bridgehead atoms. The minimum absolute atomic E-state index is 0.297. The lowest BCUT2D eigenvalue weighted by Gasteiger charge is -2.06. The zero-order valence-corrected chi connectivity index (χ0v) is 11.8. The van der Waals surface area contributed by atoms with Crippen molar-refractivity contribution in [2.24, 2.45) is 0 Å². The van der Waals surface area contributed by atoms with Gasteiger partial charge in [-0.05, 0) is 35.8 Å². The van der Waals surface area contributed by atoms with E-state index in [1.165, 1.54) is 0 Å². The average molecular weight is 312 g/mol. The third kappa shape index (κ3) is 2.33. The standard InChI is InChI=1S/C12H14BrN3O2/c1-3-16-10(11(13)8(2)14-16)7-15-5-4-9(6-15)12(17)18/h4-6H,3,7H2,1-2H3,(H,17,18). The van der Waals surface area contributed by atoms with E-state index in [1.807, 2.05) is 23.1 Å². The number of aromatic carboxylic acids is 1. The van der Waals surface area contributed by atoms with Crippen molar-refractivity contribution in [3.8, 4) is 0 Å². The van der Waals surface area contributed by atoms with Crippen LogP contribution >= 0.6 is 15.9 Å². The van der Waals surface area contributed by atoms with Gasteiger partial charge < -0.3 is 9.67 Å². The summed E-state index contributed by atoms with van der Waals surface area (Å²) in [6.07, 6.45) is 3.38. The van der Waals surface area contributed by atoms with Crippen molar-refractivity contribution in [1.82, 2.24) is 14.3 Å². The average Bonchev–Trinajstić information content (AvgIpc) is 2.89. The summed E-state index contributed by atoms with van der Waals surface area (Å²) in [4.78, 5) is 10.8. The van der Waals surface area contributed by atoms with Crippen LogP contribution in [0.4, 0.5) is 0 Å². The number of rotatable bonds is 4. The number of nitrogens with zero attached hydrogens (tertiary/aromatic N) is 3. The molecule has 0 fully saturated rings. The molecule has 1 N–H and O–H groups in total. The molecule has 5 nitrogen and oxygen atoms in total. The van der Waals surface area contributed by atoms with Crippen LogP contribution in [-0.4, -0.2) is 25.4 Å². The second kappa shape index (κ2) is 4.97. The van der Waals surface area contributed by atoms with Crippen LogP contribution in [0, 0.1) is 6.92 Å². The molecule has 0 radical (unpaired) electrons. The van der Waals surface area contributed by atoms with Gasteiger partial charge in [0.15, 0.2) is 0 Å². The van der Waals surface area contributed by atoms with Gasteiger partial charge in [-0.15, -0.1) is 0 Å². The maximum atomic E-state index is 10.8. The van der Waals surface area contributed by atoms with E-state index in [4.69, 9.17) is 5.11 Å². The molecule has 18 heavy (non-hydrogen) atoms. The molecule has 0 aliphatic heterocycles. The van der Waals surface area contributed by atoms with Crippen LogP contribution in [0.5, 0.6) is 0 Å². The van der Waals surface area contributed by atoms with Crippen LogP contribution in [0.25, 0.3) is 0 Å². The van der Waals surface area contributed by atoms with Crippen molar-refractivity contribution >= 4 is 21.9 Å². The highest BCUT2D eigenvalue weighted by molar-refractivity contribution is 9.10. The van der Waals surface area contributed by atoms with Gasteiger partial charge in [-0.25, -0.2) is 4.79 Å². The topological polar surface area (TPSA) is 60.0 Å². The normalized spacial score (nSPS) is 10.8. The maximum absolute atomic E-state index is 10.8. The summed E-state index contributed by atoms with van der Waals surface area (Å²) in [6, 6.07) is 1.59. The van der Waals surface area contributed by atoms with E-state index in [9.17, 15) is 4.79 Å². The molecule has 0 spiro atoms. The highest BCUT2D eigenvalue weighted by Gasteiger charge is 2.13. The first kappa shape index (κ1) is 12.9. The SMILES string of the molecule is CCn1nc(C)c(Br)c1Cn1ccc(C(=O)O)c1. The van der Waals surface area contributed by atoms with Gasteiger partial charge >= 0.3 is 5.97 Å². The van der Waals surface area contributed by atoms with E-state index in [0.29, 0.717) is 12.1 Å². The van der Waals surface area contributed by atoms with Crippen molar-refractivity contribution in [3.05, 3.63) is 39.9 Å². The van der Waals surface area contributed by atoms with Crippen molar-refractivity contribution in [1.29, 1.82) is 0 Å². The van der Waals surface area contributed by atoms with Crippen molar-refractivity contribution in [2.75, 3.05) is 0 Å². The van der Waals surface area contributed by atoms with Crippen LogP contribution < -0.4 is 0 Å². The molecule has 0 atom stereocenters. The molecule has 2 rings (SSSR count). The lowest BCUT2D eigenvalue weighted by Crippen LogP contribution is -2.07. The summed E-state index contributed by atoms with van der Waals surface area (Å²) >= 11 is 3.52. The van der Waals surface area contributed by atoms with Crippen LogP contribution in [0.2, 0.25) is 0 Å². The summed E-state index contributed by atoms with van der Waals surface area (Å²) in [5.41, 5.74) is 2.28. The van der Waals surface area contributed by atoms with Gasteiger partial charge in [0.2, 0.25) is 0 Å². The number of aryl methyl sites for hydroxylation is 2. The Balaban J connectivity index is 2.30. The largest absolute Gasteiger partial charge is 0.478 e. The van der Waals surface area contributed by atoms with Crippen molar-refractivity contribution < 1.29 is 9.90 Å². The van der Waals surface area contributed by atoms with E-state index in [-0.39, 0.29) is 0 Å². The zero-order chi connectivity index (χ0) is 13.3. The molecule has 2 aromatic heterocycles. The Hall–Kier alpha value is -1.56. The third-order valence-corrected chi connectivity index (χ3v) is 3.81. The summed E-state index contributed by atoms with van der Waals surface area (Å²) in [7, 11) is 0. The molecule has 0 aromatic carbocycles. The molecule has 0 aliphatic carbocycles. The van der Waals surface area contributed by atoms with E-state index in [2.05, 4.69) is 21.0 Å². The first-order valence-electron chi connectivity index (χ1n) is 5.63. The molecule has 0 saturated heterocycles. The monoisotopic (exact) mass is 311 g/mol. The molecule has 6 heteroatoms. The van der Waals surface area contributed by atoms with Crippen molar-refractivity contribution in [2.45, 2.75) is 26.9 Å². The molecule has 96 valence electrons. The van der Waals surface area contributed by atoms with Gasteiger partial charge in [0.25, 0.3) is 0 Å². The van der Waals surface area contributed by atoms with Crippen LogP contribution in [0.3, 0.4) is 0 Å². The number of hydrogen-bond acceptors (Lipinski definition) is 2. The second-order valence-electron chi connectivity index (χ2n) is 4.04. The molecule has 0 aliphatic rings. The second-order valence-corrected chi connectivity index (χ2v) is 4.83. The number of carboxylic acids is 1. The fraction of sp³-hybridized carbons (Fsp3) is 0.333. The highest BCUT2D eigenvalue weighted by atomic mass is 79.9. The Morgan fingerprint density at radius 3 is 2.83 bits per heavy atom. The number of hydrogen-bond donors (Lipinski definition) is 1. The predicted molar refractivity (Wildman–Crippen MR) is 70.8 cm³/mol. The van der Waals surface area contributed by atoms with Crippen LogP contribution in [0.15, 0.2) is 22.9 Å². The number of carboxylic acid groups (broad SMARTS) is 1. The Morgan fingerprint density at radius 2 is 2.28 bits per heavy atom. The third-order valence-electron chi connectivity index (χ3n) is 2.78. The first-order chi connectivity index (χ1) is 8.52. The number of aromatic nitrogens is 3. The van der Waals surface area contributed by atoms with E-state index < -0.39 is 5.97 Å². The minimum Gasteiger partial charge on any atom is -0.478 e. The smallest absolute Gasteiger partial charge is 0.337 e. The summed E-state index contributed by atoms with van der Waals surface area (Å²) in [6.45, 7) is 5.36. The van der Waals surface area contributed by atoms with E-state index in [0.717, 1.165) is 22.4 Å². The molecular weight excluding hydrogens is 298 g/mol. The summed E-state index contributed by atoms with van der Waals surface area (Å²) < 4.78 is 4.74. The first-order valence-corrected chi connectivity index (χ1v) is 6.43. The molecule has 2 heterocycles. The summed E-state index contributed by atoms with van der Waals surface area (Å²) in [5, 5.41) is 13.3. The summed E-state index contributed by atoms with van der Waals surface area (Å²) in [5.74, 6) is -0.909. The Kier molecular flexibility index (Phi) is 3.56. The van der Waals surface area contributed by atoms with Crippen LogP contribution in [-0.2, 0) is 13.1 Å². The lowest BCUT2D eigenvalue weighted by atomic mass is 10.3. The molecule has 0 saturated carbocycles. The highest BCUT2D eigenvalue weighted by Crippen LogP contribution is 2.22. The number of halogens is 1. The number of carbonyl (C=O) groups is 1. The Morgan fingerprint density at radius 1 is 1.56 bits per heavy atom. The lowest BCUT2D eigenvalue weighted by molar-refractivity contribution is 0.0697.